The van der Waals surface area contributed by atoms with Gasteiger partial charge in [0, 0.05) is 0 Å². The van der Waals surface area contributed by atoms with Crippen molar-refractivity contribution in [3.8, 4) is 0 Å². The summed E-state index contributed by atoms with van der Waals surface area (Å²) in [6.07, 6.45) is 0. The summed E-state index contributed by atoms with van der Waals surface area (Å²) in [5.74, 6) is 0. The van der Waals surface area contributed by atoms with E-state index in [2.05, 4.69) is 13.2 Å². The second kappa shape index (κ2) is 4.80. The first-order valence-corrected chi connectivity index (χ1v) is 3.59. The van der Waals surface area contributed by atoms with Crippen LogP contribution in [-0.2, 0) is 0 Å². The molecule has 0 aliphatic carbocycles. The van der Waals surface area contributed by atoms with Gasteiger partial charge in [-0.1, -0.05) is 17.7 Å². The monoisotopic (exact) mass is 169 g/mol. The average Bonchev–Trinajstić information content (AvgIpc) is 2.02. The largest absolute Gasteiger partial charge is 0.398 e. The highest BCUT2D eigenvalue weighted by atomic mass is 35.5. The minimum atomic E-state index is 0.634. The van der Waals surface area contributed by atoms with Crippen molar-refractivity contribution in [2.45, 2.75) is 6.92 Å². The van der Waals surface area contributed by atoms with E-state index in [0.717, 1.165) is 5.56 Å². The topological polar surface area (TPSA) is 26.0 Å². The normalized spacial score (nSPS) is 8.18. The van der Waals surface area contributed by atoms with E-state index in [1.165, 1.54) is 0 Å². The van der Waals surface area contributed by atoms with Crippen molar-refractivity contribution in [3.63, 3.8) is 0 Å². The van der Waals surface area contributed by atoms with Crippen molar-refractivity contribution < 1.29 is 0 Å². The van der Waals surface area contributed by atoms with Crippen LogP contribution in [0.25, 0.3) is 0 Å². The molecule has 11 heavy (non-hydrogen) atoms. The Balaban J connectivity index is 0.000000461. The second-order valence-electron chi connectivity index (χ2n) is 2.02. The summed E-state index contributed by atoms with van der Waals surface area (Å²) >= 11 is 5.69. The van der Waals surface area contributed by atoms with Crippen molar-refractivity contribution in [1.82, 2.24) is 0 Å². The molecular weight excluding hydrogens is 158 g/mol. The molecule has 1 rings (SSSR count). The van der Waals surface area contributed by atoms with E-state index in [1.807, 2.05) is 19.1 Å². The van der Waals surface area contributed by atoms with Crippen molar-refractivity contribution in [2.24, 2.45) is 0 Å². The first-order valence-electron chi connectivity index (χ1n) is 3.22. The van der Waals surface area contributed by atoms with Gasteiger partial charge in [-0.05, 0) is 24.6 Å². The fourth-order valence-electron chi connectivity index (χ4n) is 0.632. The van der Waals surface area contributed by atoms with Crippen LogP contribution < -0.4 is 5.73 Å². The van der Waals surface area contributed by atoms with E-state index in [9.17, 15) is 0 Å². The quantitative estimate of drug-likeness (QED) is 0.469. The predicted octanol–water partition coefficient (Wildman–Crippen LogP) is 3.03. The molecule has 0 saturated carbocycles. The Bertz CT molecular complexity index is 233. The summed E-state index contributed by atoms with van der Waals surface area (Å²) in [4.78, 5) is 0. The second-order valence-corrected chi connectivity index (χ2v) is 2.43. The van der Waals surface area contributed by atoms with E-state index in [-0.39, 0.29) is 0 Å². The van der Waals surface area contributed by atoms with Gasteiger partial charge >= 0.3 is 0 Å². The summed E-state index contributed by atoms with van der Waals surface area (Å²) in [7, 11) is 0. The van der Waals surface area contributed by atoms with Gasteiger partial charge in [0.2, 0.25) is 0 Å². The summed E-state index contributed by atoms with van der Waals surface area (Å²) in [6.45, 7) is 7.98. The molecule has 2 N–H and O–H groups in total. The molecule has 0 radical (unpaired) electrons. The maximum absolute atomic E-state index is 5.69. The number of nitrogen functional groups attached to an aromatic ring is 1. The number of nitrogens with two attached hydrogens (primary N) is 1. The highest BCUT2D eigenvalue weighted by Gasteiger charge is 1.92. The van der Waals surface area contributed by atoms with Gasteiger partial charge in [-0.3, -0.25) is 0 Å². The van der Waals surface area contributed by atoms with Gasteiger partial charge in [-0.2, -0.15) is 0 Å². The minimum Gasteiger partial charge on any atom is -0.398 e. The standard InChI is InChI=1S/C7H8ClN.C2H4/c1-5-2-3-7(9)6(8)4-5;1-2/h2-4H,9H2,1H3;1-2H2. The Morgan fingerprint density at radius 3 is 2.27 bits per heavy atom. The number of aryl methyl sites for hydroxylation is 1. The van der Waals surface area contributed by atoms with Crippen molar-refractivity contribution >= 4 is 17.3 Å². The van der Waals surface area contributed by atoms with Crippen LogP contribution in [0.3, 0.4) is 0 Å². The van der Waals surface area contributed by atoms with Crippen molar-refractivity contribution in [3.05, 3.63) is 41.9 Å². The molecule has 0 bridgehead atoms. The lowest BCUT2D eigenvalue weighted by Crippen LogP contribution is -1.85. The molecule has 0 aliphatic rings. The van der Waals surface area contributed by atoms with Crippen LogP contribution in [0.15, 0.2) is 31.4 Å². The first-order chi connectivity index (χ1) is 5.20. The Kier molecular flexibility index (Phi) is 4.39. The summed E-state index contributed by atoms with van der Waals surface area (Å²) in [5.41, 5.74) is 7.23. The number of rotatable bonds is 0. The molecule has 0 fully saturated rings. The molecule has 0 unspecified atom stereocenters. The zero-order chi connectivity index (χ0) is 8.85. The van der Waals surface area contributed by atoms with E-state index in [0.29, 0.717) is 10.7 Å². The maximum Gasteiger partial charge on any atom is 0.0638 e. The van der Waals surface area contributed by atoms with E-state index in [1.54, 1.807) is 6.07 Å². The van der Waals surface area contributed by atoms with Crippen molar-refractivity contribution in [2.75, 3.05) is 5.73 Å². The molecule has 1 nitrogen and oxygen atoms in total. The van der Waals surface area contributed by atoms with Crippen molar-refractivity contribution in [1.29, 1.82) is 0 Å². The fraction of sp³-hybridized carbons (Fsp3) is 0.111. The smallest absolute Gasteiger partial charge is 0.0638 e. The Morgan fingerprint density at radius 1 is 1.36 bits per heavy atom. The van der Waals surface area contributed by atoms with Gasteiger partial charge in [0.05, 0.1) is 10.7 Å². The molecule has 0 atom stereocenters. The molecule has 0 aromatic heterocycles. The maximum atomic E-state index is 5.69. The lowest BCUT2D eigenvalue weighted by molar-refractivity contribution is 1.47. The Morgan fingerprint density at radius 2 is 1.91 bits per heavy atom. The van der Waals surface area contributed by atoms with Gasteiger partial charge in [-0.15, -0.1) is 13.2 Å². The zero-order valence-corrected chi connectivity index (χ0v) is 7.36. The van der Waals surface area contributed by atoms with Gasteiger partial charge in [0.1, 0.15) is 0 Å². The van der Waals surface area contributed by atoms with Crippen LogP contribution in [0.2, 0.25) is 5.02 Å². The van der Waals surface area contributed by atoms with Gasteiger partial charge in [0.15, 0.2) is 0 Å². The average molecular weight is 170 g/mol. The van der Waals surface area contributed by atoms with Crippen LogP contribution in [0.5, 0.6) is 0 Å². The van der Waals surface area contributed by atoms with E-state index < -0.39 is 0 Å². The molecule has 0 spiro atoms. The lowest BCUT2D eigenvalue weighted by Gasteiger charge is -1.96. The van der Waals surface area contributed by atoms with Gasteiger partial charge in [0.25, 0.3) is 0 Å². The lowest BCUT2D eigenvalue weighted by atomic mass is 10.2. The van der Waals surface area contributed by atoms with Crippen LogP contribution in [-0.4, -0.2) is 0 Å². The zero-order valence-electron chi connectivity index (χ0n) is 6.60. The number of benzene rings is 1. The molecular formula is C9H12ClN. The van der Waals surface area contributed by atoms with Crippen LogP contribution in [0.4, 0.5) is 5.69 Å². The molecule has 1 aromatic carbocycles. The van der Waals surface area contributed by atoms with E-state index >= 15 is 0 Å². The molecule has 0 amide bonds. The Hall–Kier alpha value is -0.950. The predicted molar refractivity (Wildman–Crippen MR) is 51.9 cm³/mol. The van der Waals surface area contributed by atoms with Crippen LogP contribution in [0, 0.1) is 6.92 Å². The summed E-state index contributed by atoms with van der Waals surface area (Å²) < 4.78 is 0. The van der Waals surface area contributed by atoms with Gasteiger partial charge < -0.3 is 5.73 Å². The Labute approximate surface area is 72.5 Å². The third kappa shape index (κ3) is 3.10. The number of hydrogen-bond acceptors (Lipinski definition) is 1. The summed E-state index contributed by atoms with van der Waals surface area (Å²) in [5, 5.41) is 0.634. The third-order valence-corrected chi connectivity index (χ3v) is 1.48. The van der Waals surface area contributed by atoms with Gasteiger partial charge in [-0.25, -0.2) is 0 Å². The molecule has 0 heterocycles. The summed E-state index contributed by atoms with van der Waals surface area (Å²) in [6, 6.07) is 5.58. The molecule has 1 aromatic rings. The number of hydrogen-bond donors (Lipinski definition) is 1. The highest BCUT2D eigenvalue weighted by Crippen LogP contribution is 2.18. The fourth-order valence-corrected chi connectivity index (χ4v) is 0.867. The number of halogens is 1. The third-order valence-electron chi connectivity index (χ3n) is 1.16. The van der Waals surface area contributed by atoms with Crippen LogP contribution in [0.1, 0.15) is 5.56 Å². The van der Waals surface area contributed by atoms with E-state index in [4.69, 9.17) is 17.3 Å². The minimum absolute atomic E-state index is 0.634. The molecule has 2 heteroatoms. The molecule has 0 saturated heterocycles. The molecule has 0 aliphatic heterocycles. The molecule has 60 valence electrons. The first kappa shape index (κ1) is 10.0. The number of anilines is 1. The highest BCUT2D eigenvalue weighted by molar-refractivity contribution is 6.33. The van der Waals surface area contributed by atoms with Crippen LogP contribution >= 0.6 is 11.6 Å². The SMILES string of the molecule is C=C.Cc1ccc(N)c(Cl)c1.